The van der Waals surface area contributed by atoms with Crippen LogP contribution in [0.4, 0.5) is 0 Å². The van der Waals surface area contributed by atoms with Crippen molar-refractivity contribution in [2.45, 2.75) is 40.3 Å². The highest BCUT2D eigenvalue weighted by atomic mass is 35.5. The molecule has 0 aliphatic carbocycles. The van der Waals surface area contributed by atoms with Crippen molar-refractivity contribution in [3.05, 3.63) is 68.1 Å². The molecule has 2 amide bonds. The molecule has 0 fully saturated rings. The number of rotatable bonds is 6. The van der Waals surface area contributed by atoms with Gasteiger partial charge in [0, 0.05) is 17.8 Å². The van der Waals surface area contributed by atoms with Crippen molar-refractivity contribution in [3.8, 4) is 0 Å². The number of hydrogen-bond donors (Lipinski definition) is 3. The maximum Gasteiger partial charge on any atom is 0.253 e. The van der Waals surface area contributed by atoms with Crippen LogP contribution in [0, 0.1) is 19.8 Å². The Kier molecular flexibility index (Phi) is 6.80. The van der Waals surface area contributed by atoms with Crippen LogP contribution in [0.5, 0.6) is 0 Å². The molecule has 1 aromatic carbocycles. The number of carbonyl (C=O) groups is 2. The average Bonchev–Trinajstić information content (AvgIpc) is 2.58. The van der Waals surface area contributed by atoms with Gasteiger partial charge in [0.15, 0.2) is 0 Å². The van der Waals surface area contributed by atoms with Crippen LogP contribution in [0.25, 0.3) is 0 Å². The molecular formula is C20H24ClN3O3. The van der Waals surface area contributed by atoms with Crippen LogP contribution in [-0.4, -0.2) is 22.8 Å². The van der Waals surface area contributed by atoms with Crippen molar-refractivity contribution in [3.63, 3.8) is 0 Å². The van der Waals surface area contributed by atoms with Crippen molar-refractivity contribution in [1.82, 2.24) is 15.6 Å². The lowest BCUT2D eigenvalue weighted by molar-refractivity contribution is -0.124. The van der Waals surface area contributed by atoms with E-state index in [0.717, 1.165) is 11.3 Å². The van der Waals surface area contributed by atoms with Gasteiger partial charge < -0.3 is 15.6 Å². The molecule has 1 heterocycles. The lowest BCUT2D eigenvalue weighted by Crippen LogP contribution is -2.49. The number of hydrogen-bond acceptors (Lipinski definition) is 3. The molecule has 0 bridgehead atoms. The SMILES string of the molecule is Cc1cc(C)c(CNC(=O)[C@@H](NC(=O)c2ccccc2Cl)C(C)C)c(=O)[nH]1. The molecule has 3 N–H and O–H groups in total. The molecule has 0 spiro atoms. The number of aromatic amines is 1. The second-order valence-corrected chi connectivity index (χ2v) is 7.24. The first-order chi connectivity index (χ1) is 12.7. The van der Waals surface area contributed by atoms with Gasteiger partial charge in [-0.05, 0) is 43.5 Å². The number of aryl methyl sites for hydroxylation is 2. The highest BCUT2D eigenvalue weighted by Gasteiger charge is 2.25. The summed E-state index contributed by atoms with van der Waals surface area (Å²) in [7, 11) is 0. The summed E-state index contributed by atoms with van der Waals surface area (Å²) in [6.45, 7) is 7.38. The summed E-state index contributed by atoms with van der Waals surface area (Å²) in [5, 5.41) is 5.79. The Balaban J connectivity index is 2.11. The van der Waals surface area contributed by atoms with Crippen molar-refractivity contribution >= 4 is 23.4 Å². The number of H-pyrrole nitrogens is 1. The fourth-order valence-electron chi connectivity index (χ4n) is 2.79. The molecule has 7 heteroatoms. The number of carbonyl (C=O) groups excluding carboxylic acids is 2. The average molecular weight is 390 g/mol. The minimum Gasteiger partial charge on any atom is -0.350 e. The third kappa shape index (κ3) is 5.20. The Hall–Kier alpha value is -2.60. The maximum atomic E-state index is 12.6. The van der Waals surface area contributed by atoms with Crippen LogP contribution in [0.1, 0.15) is 41.0 Å². The quantitative estimate of drug-likeness (QED) is 0.709. The van der Waals surface area contributed by atoms with Gasteiger partial charge >= 0.3 is 0 Å². The van der Waals surface area contributed by atoms with E-state index in [0.29, 0.717) is 16.1 Å². The van der Waals surface area contributed by atoms with Crippen LogP contribution in [-0.2, 0) is 11.3 Å². The Morgan fingerprint density at radius 3 is 2.44 bits per heavy atom. The standard InChI is InChI=1S/C20H24ClN3O3/c1-11(2)17(24-18(25)14-7-5-6-8-16(14)21)20(27)22-10-15-12(3)9-13(4)23-19(15)26/h5-9,11,17H,10H2,1-4H3,(H,22,27)(H,23,26)(H,24,25)/t17-/m0/s1. The van der Waals surface area contributed by atoms with Crippen LogP contribution < -0.4 is 16.2 Å². The lowest BCUT2D eigenvalue weighted by Gasteiger charge is -2.22. The smallest absolute Gasteiger partial charge is 0.253 e. The van der Waals surface area contributed by atoms with Crippen molar-refractivity contribution < 1.29 is 9.59 Å². The lowest BCUT2D eigenvalue weighted by atomic mass is 10.0. The van der Waals surface area contributed by atoms with E-state index in [-0.39, 0.29) is 23.9 Å². The normalized spacial score (nSPS) is 11.9. The molecule has 2 rings (SSSR count). The topological polar surface area (TPSA) is 91.1 Å². The van der Waals surface area contributed by atoms with Crippen LogP contribution in [0.3, 0.4) is 0 Å². The molecule has 1 atom stereocenters. The predicted octanol–water partition coefficient (Wildman–Crippen LogP) is 2.72. The van der Waals surface area contributed by atoms with Crippen LogP contribution >= 0.6 is 11.6 Å². The number of benzene rings is 1. The molecule has 0 aliphatic heterocycles. The first-order valence-corrected chi connectivity index (χ1v) is 9.11. The molecule has 0 radical (unpaired) electrons. The van der Waals surface area contributed by atoms with Crippen molar-refractivity contribution in [1.29, 1.82) is 0 Å². The number of amides is 2. The first-order valence-electron chi connectivity index (χ1n) is 8.73. The van der Waals surface area contributed by atoms with Gasteiger partial charge in [0.25, 0.3) is 11.5 Å². The van der Waals surface area contributed by atoms with Gasteiger partial charge in [0.2, 0.25) is 5.91 Å². The van der Waals surface area contributed by atoms with Gasteiger partial charge in [0.05, 0.1) is 10.6 Å². The van der Waals surface area contributed by atoms with Crippen molar-refractivity contribution in [2.75, 3.05) is 0 Å². The van der Waals surface area contributed by atoms with Crippen LogP contribution in [0.2, 0.25) is 5.02 Å². The summed E-state index contributed by atoms with van der Waals surface area (Å²) in [5.74, 6) is -0.919. The Labute approximate surface area is 163 Å². The van der Waals surface area contributed by atoms with E-state index in [1.807, 2.05) is 26.8 Å². The van der Waals surface area contributed by atoms with Gasteiger partial charge in [-0.15, -0.1) is 0 Å². The van der Waals surface area contributed by atoms with E-state index in [1.165, 1.54) is 0 Å². The zero-order valence-corrected chi connectivity index (χ0v) is 16.6. The highest BCUT2D eigenvalue weighted by molar-refractivity contribution is 6.33. The van der Waals surface area contributed by atoms with E-state index in [2.05, 4.69) is 15.6 Å². The number of aromatic nitrogens is 1. The predicted molar refractivity (Wildman–Crippen MR) is 106 cm³/mol. The fourth-order valence-corrected chi connectivity index (χ4v) is 3.01. The number of pyridine rings is 1. The molecule has 6 nitrogen and oxygen atoms in total. The summed E-state index contributed by atoms with van der Waals surface area (Å²) in [6.07, 6.45) is 0. The highest BCUT2D eigenvalue weighted by Crippen LogP contribution is 2.15. The van der Waals surface area contributed by atoms with Gasteiger partial charge in [-0.3, -0.25) is 14.4 Å². The number of nitrogens with one attached hydrogen (secondary N) is 3. The third-order valence-corrected chi connectivity index (χ3v) is 4.62. The Morgan fingerprint density at radius 2 is 1.85 bits per heavy atom. The summed E-state index contributed by atoms with van der Waals surface area (Å²) in [5.41, 5.74) is 2.14. The summed E-state index contributed by atoms with van der Waals surface area (Å²) >= 11 is 6.05. The Bertz CT molecular complexity index is 906. The van der Waals surface area contributed by atoms with Crippen LogP contribution in [0.15, 0.2) is 35.1 Å². The zero-order valence-electron chi connectivity index (χ0n) is 15.9. The second-order valence-electron chi connectivity index (χ2n) is 6.84. The number of halogens is 1. The Morgan fingerprint density at radius 1 is 1.19 bits per heavy atom. The molecule has 0 saturated heterocycles. The summed E-state index contributed by atoms with van der Waals surface area (Å²) < 4.78 is 0. The van der Waals surface area contributed by atoms with E-state index < -0.39 is 11.9 Å². The molecule has 0 saturated carbocycles. The third-order valence-electron chi connectivity index (χ3n) is 4.29. The van der Waals surface area contributed by atoms with E-state index in [4.69, 9.17) is 11.6 Å². The van der Waals surface area contributed by atoms with Gasteiger partial charge in [-0.2, -0.15) is 0 Å². The minimum atomic E-state index is -0.751. The molecule has 1 aromatic heterocycles. The largest absolute Gasteiger partial charge is 0.350 e. The summed E-state index contributed by atoms with van der Waals surface area (Å²) in [4.78, 5) is 39.9. The van der Waals surface area contributed by atoms with Crippen molar-refractivity contribution in [2.24, 2.45) is 5.92 Å². The molecule has 27 heavy (non-hydrogen) atoms. The minimum absolute atomic E-state index is 0.0888. The monoisotopic (exact) mass is 389 g/mol. The van der Waals surface area contributed by atoms with Gasteiger partial charge in [0.1, 0.15) is 6.04 Å². The van der Waals surface area contributed by atoms with Gasteiger partial charge in [-0.25, -0.2) is 0 Å². The zero-order chi connectivity index (χ0) is 20.1. The first kappa shape index (κ1) is 20.7. The fraction of sp³-hybridized carbons (Fsp3) is 0.350. The van der Waals surface area contributed by atoms with E-state index in [1.54, 1.807) is 31.2 Å². The van der Waals surface area contributed by atoms with E-state index >= 15 is 0 Å². The molecular weight excluding hydrogens is 366 g/mol. The molecule has 144 valence electrons. The maximum absolute atomic E-state index is 12.6. The summed E-state index contributed by atoms with van der Waals surface area (Å²) in [6, 6.07) is 7.75. The molecule has 0 unspecified atom stereocenters. The molecule has 2 aromatic rings. The molecule has 0 aliphatic rings. The second kappa shape index (κ2) is 8.86. The van der Waals surface area contributed by atoms with Gasteiger partial charge in [-0.1, -0.05) is 37.6 Å². The van der Waals surface area contributed by atoms with E-state index in [9.17, 15) is 14.4 Å².